The number of aromatic nitrogens is 6. The van der Waals surface area contributed by atoms with Gasteiger partial charge in [0.15, 0.2) is 5.82 Å². The summed E-state index contributed by atoms with van der Waals surface area (Å²) in [4.78, 5) is 4.76. The quantitative estimate of drug-likeness (QED) is 0.370. The van der Waals surface area contributed by atoms with Gasteiger partial charge in [-0.05, 0) is 47.6 Å². The highest BCUT2D eigenvalue weighted by atomic mass is 15.3. The first-order valence-electron chi connectivity index (χ1n) is 13.2. The first kappa shape index (κ1) is 23.9. The van der Waals surface area contributed by atoms with Gasteiger partial charge in [0.05, 0.1) is 17.6 Å². The molecular formula is C30H32N8. The normalized spacial score (nSPS) is 16.9. The Labute approximate surface area is 222 Å². The largest absolute Gasteiger partial charge is 0.323 e. The number of hydrogen-bond acceptors (Lipinski definition) is 5. The highest BCUT2D eigenvalue weighted by Gasteiger charge is 2.25. The summed E-state index contributed by atoms with van der Waals surface area (Å²) in [6.07, 6.45) is 18.0. The fraction of sp³-hybridized carbons (Fsp3) is 0.267. The predicted octanol–water partition coefficient (Wildman–Crippen LogP) is 5.31. The van der Waals surface area contributed by atoms with Crippen LogP contribution in [0.15, 0.2) is 83.5 Å². The third-order valence-corrected chi connectivity index (χ3v) is 7.05. The average Bonchev–Trinajstić information content (AvgIpc) is 3.61. The maximum absolute atomic E-state index is 4.92. The van der Waals surface area contributed by atoms with E-state index in [9.17, 15) is 0 Å². The van der Waals surface area contributed by atoms with E-state index in [-0.39, 0.29) is 0 Å². The zero-order valence-electron chi connectivity index (χ0n) is 22.1. The summed E-state index contributed by atoms with van der Waals surface area (Å²) in [6.45, 7) is 3.10. The number of aryl methyl sites for hydroxylation is 4. The Morgan fingerprint density at radius 2 is 1.97 bits per heavy atom. The maximum atomic E-state index is 4.92. The Balaban J connectivity index is 1.28. The highest BCUT2D eigenvalue weighted by molar-refractivity contribution is 5.97. The van der Waals surface area contributed by atoms with Gasteiger partial charge in [-0.15, -0.1) is 0 Å². The lowest BCUT2D eigenvalue weighted by Gasteiger charge is -2.18. The average molecular weight is 505 g/mol. The van der Waals surface area contributed by atoms with Crippen LogP contribution in [0.5, 0.6) is 0 Å². The molecule has 0 fully saturated rings. The van der Waals surface area contributed by atoms with Crippen LogP contribution in [0.3, 0.4) is 0 Å². The number of hydrogen-bond donors (Lipinski definition) is 1. The molecule has 0 saturated carbocycles. The highest BCUT2D eigenvalue weighted by Crippen LogP contribution is 2.36. The molecule has 2 aliphatic rings. The smallest absolute Gasteiger partial charge is 0.153 e. The summed E-state index contributed by atoms with van der Waals surface area (Å²) >= 11 is 0. The van der Waals surface area contributed by atoms with Gasteiger partial charge in [0.1, 0.15) is 5.82 Å². The summed E-state index contributed by atoms with van der Waals surface area (Å²) < 4.78 is 5.84. The number of aliphatic imine (C=N–C) groups is 1. The van der Waals surface area contributed by atoms with Crippen LogP contribution in [0.2, 0.25) is 0 Å². The van der Waals surface area contributed by atoms with Gasteiger partial charge in [0, 0.05) is 62.9 Å². The van der Waals surface area contributed by atoms with Gasteiger partial charge in [-0.3, -0.25) is 14.0 Å². The summed E-state index contributed by atoms with van der Waals surface area (Å²) in [6, 6.07) is 10.7. The number of anilines is 1. The van der Waals surface area contributed by atoms with Crippen molar-refractivity contribution in [2.24, 2.45) is 19.1 Å². The van der Waals surface area contributed by atoms with Crippen LogP contribution in [0, 0.1) is 0 Å². The van der Waals surface area contributed by atoms with E-state index in [0.29, 0.717) is 0 Å². The molecule has 6 rings (SSSR count). The van der Waals surface area contributed by atoms with Crippen molar-refractivity contribution >= 4 is 17.6 Å². The van der Waals surface area contributed by atoms with E-state index in [1.807, 2.05) is 42.5 Å². The molecule has 1 N–H and O–H groups in total. The number of benzene rings is 1. The van der Waals surface area contributed by atoms with E-state index >= 15 is 0 Å². The summed E-state index contributed by atoms with van der Waals surface area (Å²) in [5.41, 5.74) is 9.67. The molecule has 0 atom stereocenters. The summed E-state index contributed by atoms with van der Waals surface area (Å²) in [5, 5.41) is 17.1. The molecule has 0 spiro atoms. The Kier molecular flexibility index (Phi) is 6.37. The Hall–Kier alpha value is -4.46. The van der Waals surface area contributed by atoms with Crippen molar-refractivity contribution in [1.29, 1.82) is 0 Å². The molecule has 4 heterocycles. The standard InChI is InChI=1S/C30H32N8/c1-4-14-38-20-24(19-32-38)22-8-5-7-21(16-22)17-27-30-25-9-6-10-28(33-29-13-15-36(2)35-29)31-18-23(25)11-12-26(30)34-37(27)3/h5-10,13,15-16,18-20H,4,11-12,14,17H2,1-3H3,(H,31,33,35). The van der Waals surface area contributed by atoms with E-state index in [0.717, 1.165) is 55.1 Å². The van der Waals surface area contributed by atoms with Crippen LogP contribution in [0.1, 0.15) is 42.3 Å². The predicted molar refractivity (Wildman–Crippen MR) is 152 cm³/mol. The van der Waals surface area contributed by atoms with E-state index in [1.165, 1.54) is 33.5 Å². The van der Waals surface area contributed by atoms with Crippen molar-refractivity contribution in [2.75, 3.05) is 5.32 Å². The fourth-order valence-electron chi connectivity index (χ4n) is 5.21. The monoisotopic (exact) mass is 504 g/mol. The molecule has 192 valence electrons. The van der Waals surface area contributed by atoms with Gasteiger partial charge in [0.25, 0.3) is 0 Å². The van der Waals surface area contributed by atoms with Crippen molar-refractivity contribution < 1.29 is 0 Å². The van der Waals surface area contributed by atoms with Crippen molar-refractivity contribution in [1.82, 2.24) is 29.3 Å². The minimum Gasteiger partial charge on any atom is -0.323 e. The van der Waals surface area contributed by atoms with Crippen molar-refractivity contribution in [3.8, 4) is 11.1 Å². The minimum absolute atomic E-state index is 0.766. The molecule has 3 aromatic heterocycles. The topological polar surface area (TPSA) is 77.9 Å². The molecular weight excluding hydrogens is 472 g/mol. The van der Waals surface area contributed by atoms with E-state index in [1.54, 1.807) is 4.68 Å². The number of fused-ring (bicyclic) bond motifs is 2. The van der Waals surface area contributed by atoms with Crippen LogP contribution in [0.25, 0.3) is 16.7 Å². The lowest BCUT2D eigenvalue weighted by atomic mass is 9.86. The zero-order chi connectivity index (χ0) is 26.1. The third kappa shape index (κ3) is 4.77. The molecule has 0 bridgehead atoms. The van der Waals surface area contributed by atoms with Crippen LogP contribution < -0.4 is 5.32 Å². The van der Waals surface area contributed by atoms with Gasteiger partial charge < -0.3 is 5.32 Å². The second-order valence-electron chi connectivity index (χ2n) is 9.87. The second kappa shape index (κ2) is 10.1. The molecule has 1 aliphatic carbocycles. The van der Waals surface area contributed by atoms with Crippen LogP contribution in [-0.2, 0) is 33.5 Å². The molecule has 1 aromatic carbocycles. The van der Waals surface area contributed by atoms with Crippen LogP contribution in [0.4, 0.5) is 5.82 Å². The molecule has 4 aromatic rings. The first-order chi connectivity index (χ1) is 18.6. The fourth-order valence-corrected chi connectivity index (χ4v) is 5.21. The molecule has 8 nitrogen and oxygen atoms in total. The lowest BCUT2D eigenvalue weighted by molar-refractivity contribution is 0.603. The molecule has 0 unspecified atom stereocenters. The van der Waals surface area contributed by atoms with Crippen LogP contribution >= 0.6 is 0 Å². The van der Waals surface area contributed by atoms with Gasteiger partial charge in [-0.2, -0.15) is 15.3 Å². The van der Waals surface area contributed by atoms with Gasteiger partial charge in [-0.1, -0.05) is 43.3 Å². The minimum atomic E-state index is 0.766. The third-order valence-electron chi connectivity index (χ3n) is 7.05. The number of rotatable bonds is 7. The molecule has 0 radical (unpaired) electrons. The Morgan fingerprint density at radius 3 is 2.82 bits per heavy atom. The Bertz CT molecular complexity index is 1600. The van der Waals surface area contributed by atoms with E-state index < -0.39 is 0 Å². The number of allylic oxidation sites excluding steroid dienone is 5. The van der Waals surface area contributed by atoms with Crippen molar-refractivity contribution in [3.05, 3.63) is 101 Å². The molecule has 8 heteroatoms. The SMILES string of the molecule is CCCn1cc(-c2cccc(Cc3c4c(nn3C)CCC3=C4/C=C/C=C(\Nc4ccn(C)n4)N=C3)c2)cn1. The van der Waals surface area contributed by atoms with Crippen LogP contribution in [-0.4, -0.2) is 35.6 Å². The van der Waals surface area contributed by atoms with E-state index in [4.69, 9.17) is 10.1 Å². The second-order valence-corrected chi connectivity index (χ2v) is 9.87. The molecule has 38 heavy (non-hydrogen) atoms. The Morgan fingerprint density at radius 1 is 1.05 bits per heavy atom. The van der Waals surface area contributed by atoms with Gasteiger partial charge in [-0.25, -0.2) is 4.99 Å². The summed E-state index contributed by atoms with van der Waals surface area (Å²) in [7, 11) is 3.96. The van der Waals surface area contributed by atoms with Crippen molar-refractivity contribution in [3.63, 3.8) is 0 Å². The van der Waals surface area contributed by atoms with Crippen molar-refractivity contribution in [2.45, 2.75) is 39.2 Å². The number of nitrogens with one attached hydrogen (secondary N) is 1. The number of nitrogens with zero attached hydrogens (tertiary/aromatic N) is 7. The molecule has 0 saturated heterocycles. The van der Waals surface area contributed by atoms with Gasteiger partial charge in [0.2, 0.25) is 0 Å². The summed E-state index contributed by atoms with van der Waals surface area (Å²) in [5.74, 6) is 1.54. The first-order valence-corrected chi connectivity index (χ1v) is 13.2. The lowest BCUT2D eigenvalue weighted by Crippen LogP contribution is -2.08. The zero-order valence-corrected chi connectivity index (χ0v) is 22.1. The molecule has 0 amide bonds. The van der Waals surface area contributed by atoms with Gasteiger partial charge >= 0.3 is 0 Å². The molecule has 1 aliphatic heterocycles. The maximum Gasteiger partial charge on any atom is 0.153 e. The van der Waals surface area contributed by atoms with E-state index in [2.05, 4.69) is 76.8 Å².